The van der Waals surface area contributed by atoms with Crippen LogP contribution in [0.15, 0.2) is 42.5 Å². The molecular formula is C21H21N3O5. The number of carbonyl (C=O) groups excluding carboxylic acids is 3. The van der Waals surface area contributed by atoms with Crippen LogP contribution in [0.3, 0.4) is 0 Å². The summed E-state index contributed by atoms with van der Waals surface area (Å²) in [6.07, 6.45) is 0.295. The lowest BCUT2D eigenvalue weighted by Crippen LogP contribution is -2.48. The summed E-state index contributed by atoms with van der Waals surface area (Å²) >= 11 is 0. The van der Waals surface area contributed by atoms with Crippen LogP contribution >= 0.6 is 0 Å². The normalized spacial score (nSPS) is 14.1. The van der Waals surface area contributed by atoms with Crippen LogP contribution in [0.25, 0.3) is 0 Å². The number of hydrogen-bond donors (Lipinski definition) is 1. The molecule has 150 valence electrons. The van der Waals surface area contributed by atoms with E-state index in [1.165, 1.54) is 18.2 Å². The van der Waals surface area contributed by atoms with Gasteiger partial charge < -0.3 is 5.32 Å². The number of fused-ring (bicyclic) bond motifs is 1. The van der Waals surface area contributed by atoms with Crippen LogP contribution in [-0.2, 0) is 4.79 Å². The number of aryl methyl sites for hydroxylation is 1. The van der Waals surface area contributed by atoms with Crippen LogP contribution in [0.4, 0.5) is 11.4 Å². The van der Waals surface area contributed by atoms with Crippen molar-refractivity contribution < 1.29 is 19.3 Å². The van der Waals surface area contributed by atoms with Crippen LogP contribution in [0.5, 0.6) is 0 Å². The van der Waals surface area contributed by atoms with Gasteiger partial charge in [-0.25, -0.2) is 0 Å². The Morgan fingerprint density at radius 2 is 1.69 bits per heavy atom. The summed E-state index contributed by atoms with van der Waals surface area (Å²) in [4.78, 5) is 50.1. The number of imide groups is 1. The minimum absolute atomic E-state index is 0.0491. The first-order valence-electron chi connectivity index (χ1n) is 9.23. The number of nitrogens with one attached hydrogen (secondary N) is 1. The van der Waals surface area contributed by atoms with Gasteiger partial charge in [-0.2, -0.15) is 0 Å². The Balaban J connectivity index is 1.90. The Morgan fingerprint density at radius 3 is 2.17 bits per heavy atom. The molecule has 8 heteroatoms. The highest BCUT2D eigenvalue weighted by atomic mass is 16.6. The Kier molecular flexibility index (Phi) is 5.45. The monoisotopic (exact) mass is 395 g/mol. The Morgan fingerprint density at radius 1 is 1.10 bits per heavy atom. The van der Waals surface area contributed by atoms with Gasteiger partial charge in [0.1, 0.15) is 6.04 Å². The van der Waals surface area contributed by atoms with E-state index in [9.17, 15) is 24.5 Å². The molecule has 1 atom stereocenters. The molecule has 2 aromatic carbocycles. The van der Waals surface area contributed by atoms with E-state index in [1.807, 2.05) is 13.8 Å². The molecule has 1 aliphatic rings. The summed E-state index contributed by atoms with van der Waals surface area (Å²) in [6.45, 7) is 5.44. The fourth-order valence-corrected chi connectivity index (χ4v) is 3.38. The summed E-state index contributed by atoms with van der Waals surface area (Å²) in [5, 5.41) is 13.6. The van der Waals surface area contributed by atoms with E-state index in [0.29, 0.717) is 17.7 Å². The molecule has 0 aliphatic carbocycles. The van der Waals surface area contributed by atoms with Gasteiger partial charge in [-0.15, -0.1) is 0 Å². The van der Waals surface area contributed by atoms with Crippen LogP contribution in [0, 0.1) is 23.0 Å². The van der Waals surface area contributed by atoms with E-state index in [1.54, 1.807) is 31.2 Å². The summed E-state index contributed by atoms with van der Waals surface area (Å²) in [6, 6.07) is 9.59. The molecule has 2 aromatic rings. The van der Waals surface area contributed by atoms with Crippen LogP contribution in [0.2, 0.25) is 0 Å². The third-order valence-electron chi connectivity index (χ3n) is 4.81. The van der Waals surface area contributed by atoms with E-state index < -0.39 is 28.7 Å². The zero-order valence-electron chi connectivity index (χ0n) is 16.3. The molecule has 0 radical (unpaired) electrons. The predicted molar refractivity (Wildman–Crippen MR) is 107 cm³/mol. The van der Waals surface area contributed by atoms with E-state index in [-0.39, 0.29) is 22.7 Å². The van der Waals surface area contributed by atoms with Gasteiger partial charge in [0.2, 0.25) is 5.91 Å². The average Bonchev–Trinajstić information content (AvgIpc) is 2.92. The van der Waals surface area contributed by atoms with Crippen molar-refractivity contribution in [2.24, 2.45) is 5.92 Å². The highest BCUT2D eigenvalue weighted by Gasteiger charge is 2.42. The van der Waals surface area contributed by atoms with Crippen molar-refractivity contribution in [1.82, 2.24) is 4.90 Å². The van der Waals surface area contributed by atoms with Crippen LogP contribution < -0.4 is 5.32 Å². The molecule has 0 bridgehead atoms. The lowest BCUT2D eigenvalue weighted by atomic mass is 10.0. The van der Waals surface area contributed by atoms with Crippen molar-refractivity contribution in [3.05, 3.63) is 69.3 Å². The molecule has 3 rings (SSSR count). The lowest BCUT2D eigenvalue weighted by Gasteiger charge is -2.27. The molecule has 0 spiro atoms. The van der Waals surface area contributed by atoms with Crippen molar-refractivity contribution >= 4 is 29.1 Å². The maximum atomic E-state index is 13.1. The zero-order chi connectivity index (χ0) is 21.3. The fraction of sp³-hybridized carbons (Fsp3) is 0.286. The number of amides is 3. The van der Waals surface area contributed by atoms with Gasteiger partial charge in [-0.05, 0) is 43.0 Å². The van der Waals surface area contributed by atoms with Gasteiger partial charge in [0.05, 0.1) is 16.1 Å². The SMILES string of the molecule is Cc1cc([N+](=O)[O-])ccc1NC(=O)C(CC(C)C)N1C(=O)c2ccccc2C1=O. The highest BCUT2D eigenvalue weighted by molar-refractivity contribution is 6.23. The molecular weight excluding hydrogens is 374 g/mol. The number of anilines is 1. The molecule has 1 unspecified atom stereocenters. The van der Waals surface area contributed by atoms with Crippen molar-refractivity contribution in [3.63, 3.8) is 0 Å². The molecule has 0 saturated carbocycles. The number of benzene rings is 2. The maximum Gasteiger partial charge on any atom is 0.269 e. The third-order valence-corrected chi connectivity index (χ3v) is 4.81. The minimum atomic E-state index is -0.989. The first-order valence-corrected chi connectivity index (χ1v) is 9.23. The molecule has 0 fully saturated rings. The second-order valence-corrected chi connectivity index (χ2v) is 7.42. The summed E-state index contributed by atoms with van der Waals surface area (Å²) in [7, 11) is 0. The molecule has 0 aromatic heterocycles. The highest BCUT2D eigenvalue weighted by Crippen LogP contribution is 2.28. The Labute approximate surface area is 167 Å². The first kappa shape index (κ1) is 20.2. The van der Waals surface area contributed by atoms with Gasteiger partial charge in [-0.3, -0.25) is 29.4 Å². The zero-order valence-corrected chi connectivity index (χ0v) is 16.3. The lowest BCUT2D eigenvalue weighted by molar-refractivity contribution is -0.384. The van der Waals surface area contributed by atoms with Crippen molar-refractivity contribution in [2.45, 2.75) is 33.2 Å². The Bertz CT molecular complexity index is 980. The molecule has 3 amide bonds. The predicted octanol–water partition coefficient (Wildman–Crippen LogP) is 3.55. The number of nitrogens with zero attached hydrogens (tertiary/aromatic N) is 2. The third kappa shape index (κ3) is 3.87. The summed E-state index contributed by atoms with van der Waals surface area (Å²) in [5.41, 5.74) is 1.39. The largest absolute Gasteiger partial charge is 0.324 e. The molecule has 1 aliphatic heterocycles. The van der Waals surface area contributed by atoms with E-state index in [2.05, 4.69) is 5.32 Å². The second kappa shape index (κ2) is 7.83. The topological polar surface area (TPSA) is 110 Å². The number of nitro benzene ring substituents is 1. The van der Waals surface area contributed by atoms with Gasteiger partial charge in [0.25, 0.3) is 17.5 Å². The smallest absolute Gasteiger partial charge is 0.269 e. The number of hydrogen-bond acceptors (Lipinski definition) is 5. The Hall–Kier alpha value is -3.55. The van der Waals surface area contributed by atoms with E-state index in [4.69, 9.17) is 0 Å². The molecule has 1 heterocycles. The number of non-ortho nitro benzene ring substituents is 1. The van der Waals surface area contributed by atoms with Gasteiger partial charge in [-0.1, -0.05) is 26.0 Å². The summed E-state index contributed by atoms with van der Waals surface area (Å²) in [5.74, 6) is -1.45. The fourth-order valence-electron chi connectivity index (χ4n) is 3.38. The van der Waals surface area contributed by atoms with Crippen molar-refractivity contribution in [3.8, 4) is 0 Å². The van der Waals surface area contributed by atoms with Crippen molar-refractivity contribution in [2.75, 3.05) is 5.32 Å². The maximum absolute atomic E-state index is 13.1. The molecule has 1 N–H and O–H groups in total. The first-order chi connectivity index (χ1) is 13.7. The number of carbonyl (C=O) groups is 3. The molecule has 29 heavy (non-hydrogen) atoms. The summed E-state index contributed by atoms with van der Waals surface area (Å²) < 4.78 is 0. The van der Waals surface area contributed by atoms with Crippen LogP contribution in [-0.4, -0.2) is 33.6 Å². The number of rotatable bonds is 6. The average molecular weight is 395 g/mol. The second-order valence-electron chi connectivity index (χ2n) is 7.42. The van der Waals surface area contributed by atoms with E-state index >= 15 is 0 Å². The van der Waals surface area contributed by atoms with Gasteiger partial charge in [0, 0.05) is 17.8 Å². The quantitative estimate of drug-likeness (QED) is 0.457. The molecule has 0 saturated heterocycles. The van der Waals surface area contributed by atoms with Gasteiger partial charge >= 0.3 is 0 Å². The van der Waals surface area contributed by atoms with E-state index in [0.717, 1.165) is 4.90 Å². The minimum Gasteiger partial charge on any atom is -0.324 e. The molecule has 8 nitrogen and oxygen atoms in total. The van der Waals surface area contributed by atoms with Crippen molar-refractivity contribution in [1.29, 1.82) is 0 Å². The van der Waals surface area contributed by atoms with Crippen LogP contribution in [0.1, 0.15) is 46.5 Å². The standard InChI is InChI=1S/C21H21N3O5/c1-12(2)10-18(23-20(26)15-6-4-5-7-16(15)21(23)27)19(25)22-17-9-8-14(24(28)29)11-13(17)3/h4-9,11-12,18H,10H2,1-3H3,(H,22,25). The van der Waals surface area contributed by atoms with Gasteiger partial charge in [0.15, 0.2) is 0 Å². The number of nitro groups is 1.